The van der Waals surface area contributed by atoms with E-state index in [4.69, 9.17) is 0 Å². The molecule has 1 aliphatic carbocycles. The maximum absolute atomic E-state index is 11.3. The van der Waals surface area contributed by atoms with E-state index in [2.05, 4.69) is 11.0 Å². The Hall–Kier alpha value is -1.35. The van der Waals surface area contributed by atoms with Crippen LogP contribution < -0.4 is 0 Å². The summed E-state index contributed by atoms with van der Waals surface area (Å²) in [6, 6.07) is 6.44. The number of nitrogens with zero attached hydrogens (tertiary/aromatic N) is 1. The number of carboxylic acids is 1. The molecule has 1 aromatic carbocycles. The second-order valence-corrected chi connectivity index (χ2v) is 6.11. The normalized spacial score (nSPS) is 21.2. The minimum atomic E-state index is -0.787. The Kier molecular flexibility index (Phi) is 4.06. The third-order valence-corrected chi connectivity index (χ3v) is 4.87. The summed E-state index contributed by atoms with van der Waals surface area (Å²) in [5, 5.41) is 9.28. The average molecular weight is 273 g/mol. The summed E-state index contributed by atoms with van der Waals surface area (Å²) in [5.74, 6) is -0.787. The molecule has 0 spiro atoms. The molecule has 0 atom stereocenters. The van der Waals surface area contributed by atoms with Crippen molar-refractivity contribution >= 4 is 5.97 Å². The molecule has 1 aromatic rings. The highest BCUT2D eigenvalue weighted by atomic mass is 16.4. The number of fused-ring (bicyclic) bond motifs is 1. The Morgan fingerprint density at radius 1 is 1.15 bits per heavy atom. The van der Waals surface area contributed by atoms with E-state index in [1.165, 1.54) is 44.1 Å². The molecule has 1 fully saturated rings. The Morgan fingerprint density at radius 2 is 1.90 bits per heavy atom. The summed E-state index contributed by atoms with van der Waals surface area (Å²) in [4.78, 5) is 13.9. The first kappa shape index (κ1) is 13.6. The topological polar surface area (TPSA) is 40.5 Å². The number of hydrogen-bond acceptors (Lipinski definition) is 2. The predicted octanol–water partition coefficient (Wildman–Crippen LogP) is 3.47. The van der Waals surface area contributed by atoms with Gasteiger partial charge in [0.05, 0.1) is 5.56 Å². The van der Waals surface area contributed by atoms with Crippen molar-refractivity contribution in [1.29, 1.82) is 0 Å². The van der Waals surface area contributed by atoms with Crippen LogP contribution in [-0.4, -0.2) is 28.6 Å². The zero-order chi connectivity index (χ0) is 13.9. The van der Waals surface area contributed by atoms with Crippen LogP contribution in [0.5, 0.6) is 0 Å². The van der Waals surface area contributed by atoms with Gasteiger partial charge in [0.25, 0.3) is 0 Å². The van der Waals surface area contributed by atoms with Crippen molar-refractivity contribution in [1.82, 2.24) is 4.90 Å². The number of rotatable bonds is 2. The van der Waals surface area contributed by atoms with Gasteiger partial charge in [-0.3, -0.25) is 4.90 Å². The number of benzene rings is 1. The molecule has 0 bridgehead atoms. The third kappa shape index (κ3) is 2.73. The van der Waals surface area contributed by atoms with Crippen LogP contribution in [0.3, 0.4) is 0 Å². The first-order valence-corrected chi connectivity index (χ1v) is 7.84. The molecule has 1 N–H and O–H groups in total. The van der Waals surface area contributed by atoms with E-state index < -0.39 is 5.97 Å². The Labute approximate surface area is 120 Å². The Morgan fingerprint density at radius 3 is 2.60 bits per heavy atom. The molecule has 3 heteroatoms. The van der Waals surface area contributed by atoms with Crippen molar-refractivity contribution in [2.45, 2.75) is 57.5 Å². The molecule has 1 saturated carbocycles. The predicted molar refractivity (Wildman–Crippen MR) is 79.0 cm³/mol. The van der Waals surface area contributed by atoms with Crippen molar-refractivity contribution in [2.24, 2.45) is 0 Å². The van der Waals surface area contributed by atoms with Gasteiger partial charge in [-0.2, -0.15) is 0 Å². The Bertz CT molecular complexity index is 490. The van der Waals surface area contributed by atoms with Crippen LogP contribution in [0.15, 0.2) is 18.2 Å². The lowest BCUT2D eigenvalue weighted by atomic mass is 9.92. The third-order valence-electron chi connectivity index (χ3n) is 4.87. The van der Waals surface area contributed by atoms with Gasteiger partial charge in [-0.15, -0.1) is 0 Å². The fourth-order valence-corrected chi connectivity index (χ4v) is 3.77. The van der Waals surface area contributed by atoms with Gasteiger partial charge in [0, 0.05) is 19.1 Å². The van der Waals surface area contributed by atoms with Gasteiger partial charge in [0.1, 0.15) is 0 Å². The van der Waals surface area contributed by atoms with E-state index in [1.54, 1.807) is 6.07 Å². The van der Waals surface area contributed by atoms with Crippen LogP contribution in [-0.2, 0) is 13.0 Å². The van der Waals surface area contributed by atoms with Gasteiger partial charge >= 0.3 is 5.97 Å². The smallest absolute Gasteiger partial charge is 0.335 e. The fourth-order valence-electron chi connectivity index (χ4n) is 3.77. The molecule has 0 amide bonds. The Balaban J connectivity index is 1.78. The van der Waals surface area contributed by atoms with E-state index >= 15 is 0 Å². The second-order valence-electron chi connectivity index (χ2n) is 6.11. The quantitative estimate of drug-likeness (QED) is 0.839. The highest BCUT2D eigenvalue weighted by molar-refractivity contribution is 5.89. The standard InChI is InChI=1S/C17H23NO2/c19-17(20)16-9-5-6-13-12-18(11-10-15(13)16)14-7-3-1-2-4-8-14/h5-6,9,14H,1-4,7-8,10-12H2,(H,19,20). The molecule has 0 radical (unpaired) electrons. The zero-order valence-corrected chi connectivity index (χ0v) is 12.0. The lowest BCUT2D eigenvalue weighted by molar-refractivity contribution is 0.0694. The molecule has 3 rings (SSSR count). The number of hydrogen-bond donors (Lipinski definition) is 1. The molecular weight excluding hydrogens is 250 g/mol. The lowest BCUT2D eigenvalue weighted by Gasteiger charge is -2.35. The molecule has 0 unspecified atom stereocenters. The number of carboxylic acid groups (broad SMARTS) is 1. The molecule has 0 saturated heterocycles. The SMILES string of the molecule is O=C(O)c1cccc2c1CCN(C1CCCCCC1)C2. The second kappa shape index (κ2) is 5.96. The van der Waals surface area contributed by atoms with Crippen LogP contribution in [0.1, 0.15) is 60.0 Å². The summed E-state index contributed by atoms with van der Waals surface area (Å²) in [7, 11) is 0. The van der Waals surface area contributed by atoms with Crippen molar-refractivity contribution in [2.75, 3.05) is 6.54 Å². The molecular formula is C17H23NO2. The van der Waals surface area contributed by atoms with Gasteiger partial charge in [0.2, 0.25) is 0 Å². The maximum atomic E-state index is 11.3. The van der Waals surface area contributed by atoms with Crippen LogP contribution in [0.25, 0.3) is 0 Å². The van der Waals surface area contributed by atoms with Crippen molar-refractivity contribution in [3.63, 3.8) is 0 Å². The molecule has 108 valence electrons. The lowest BCUT2D eigenvalue weighted by Crippen LogP contribution is -2.39. The summed E-state index contributed by atoms with van der Waals surface area (Å²) < 4.78 is 0. The summed E-state index contributed by atoms with van der Waals surface area (Å²) in [6.07, 6.45) is 8.97. The largest absolute Gasteiger partial charge is 0.478 e. The molecule has 20 heavy (non-hydrogen) atoms. The van der Waals surface area contributed by atoms with Crippen LogP contribution in [0.4, 0.5) is 0 Å². The minimum Gasteiger partial charge on any atom is -0.478 e. The average Bonchev–Trinajstić information content (AvgIpc) is 2.75. The fraction of sp³-hybridized carbons (Fsp3) is 0.588. The highest BCUT2D eigenvalue weighted by Crippen LogP contribution is 2.28. The van der Waals surface area contributed by atoms with Crippen LogP contribution >= 0.6 is 0 Å². The van der Waals surface area contributed by atoms with Crippen molar-refractivity contribution in [3.05, 3.63) is 34.9 Å². The molecule has 2 aliphatic rings. The first-order valence-electron chi connectivity index (χ1n) is 7.84. The number of carbonyl (C=O) groups is 1. The van der Waals surface area contributed by atoms with Crippen LogP contribution in [0, 0.1) is 0 Å². The molecule has 3 nitrogen and oxygen atoms in total. The van der Waals surface area contributed by atoms with E-state index in [0.29, 0.717) is 11.6 Å². The van der Waals surface area contributed by atoms with Crippen LogP contribution in [0.2, 0.25) is 0 Å². The van der Waals surface area contributed by atoms with Gasteiger partial charge in [-0.25, -0.2) is 4.79 Å². The minimum absolute atomic E-state index is 0.503. The summed E-state index contributed by atoms with van der Waals surface area (Å²) in [6.45, 7) is 1.95. The van der Waals surface area contributed by atoms with E-state index in [1.807, 2.05) is 6.07 Å². The van der Waals surface area contributed by atoms with Crippen molar-refractivity contribution < 1.29 is 9.90 Å². The molecule has 1 heterocycles. The van der Waals surface area contributed by atoms with Gasteiger partial charge in [-0.1, -0.05) is 37.8 Å². The monoisotopic (exact) mass is 273 g/mol. The summed E-state index contributed by atoms with van der Waals surface area (Å²) >= 11 is 0. The highest BCUT2D eigenvalue weighted by Gasteiger charge is 2.26. The number of aromatic carboxylic acids is 1. The summed E-state index contributed by atoms with van der Waals surface area (Å²) in [5.41, 5.74) is 2.79. The van der Waals surface area contributed by atoms with Gasteiger partial charge < -0.3 is 5.11 Å². The van der Waals surface area contributed by atoms with Gasteiger partial charge in [0.15, 0.2) is 0 Å². The van der Waals surface area contributed by atoms with E-state index in [-0.39, 0.29) is 0 Å². The molecule has 1 aliphatic heterocycles. The zero-order valence-electron chi connectivity index (χ0n) is 12.0. The van der Waals surface area contributed by atoms with Gasteiger partial charge in [-0.05, 0) is 36.5 Å². The molecule has 0 aromatic heterocycles. The van der Waals surface area contributed by atoms with Crippen molar-refractivity contribution in [3.8, 4) is 0 Å². The maximum Gasteiger partial charge on any atom is 0.335 e. The van der Waals surface area contributed by atoms with E-state index in [9.17, 15) is 9.90 Å². The first-order chi connectivity index (χ1) is 9.75. The van der Waals surface area contributed by atoms with E-state index in [0.717, 1.165) is 25.1 Å².